The van der Waals surface area contributed by atoms with Gasteiger partial charge in [-0.2, -0.15) is 0 Å². The first kappa shape index (κ1) is 25.4. The Hall–Kier alpha value is -2.68. The first-order valence-corrected chi connectivity index (χ1v) is 13.1. The van der Waals surface area contributed by atoms with E-state index in [1.54, 1.807) is 43.5 Å². The number of rotatable bonds is 6. The Labute approximate surface area is 220 Å². The van der Waals surface area contributed by atoms with Gasteiger partial charge >= 0.3 is 5.97 Å². The molecule has 0 saturated heterocycles. The van der Waals surface area contributed by atoms with Crippen molar-refractivity contribution < 1.29 is 14.3 Å². The summed E-state index contributed by atoms with van der Waals surface area (Å²) in [5.41, 5.74) is 2.10. The van der Waals surface area contributed by atoms with Crippen molar-refractivity contribution in [2.24, 2.45) is 4.99 Å². The van der Waals surface area contributed by atoms with E-state index in [1.807, 2.05) is 37.3 Å². The van der Waals surface area contributed by atoms with Crippen LogP contribution in [-0.4, -0.2) is 23.2 Å². The maximum atomic E-state index is 13.7. The molecule has 0 bridgehead atoms. The van der Waals surface area contributed by atoms with Crippen LogP contribution < -0.4 is 19.6 Å². The van der Waals surface area contributed by atoms with Crippen LogP contribution >= 0.6 is 38.9 Å². The maximum absolute atomic E-state index is 13.7. The average molecular weight is 576 g/mol. The van der Waals surface area contributed by atoms with E-state index in [9.17, 15) is 9.59 Å². The summed E-state index contributed by atoms with van der Waals surface area (Å²) in [4.78, 5) is 32.0. The lowest BCUT2D eigenvalue weighted by Gasteiger charge is -2.25. The number of fused-ring (bicyclic) bond motifs is 1. The van der Waals surface area contributed by atoms with E-state index in [-0.39, 0.29) is 11.7 Å². The summed E-state index contributed by atoms with van der Waals surface area (Å²) < 4.78 is 14.2. The predicted molar refractivity (Wildman–Crippen MR) is 142 cm³/mol. The molecule has 35 heavy (non-hydrogen) atoms. The van der Waals surface area contributed by atoms with Crippen LogP contribution in [0.25, 0.3) is 6.08 Å². The largest absolute Gasteiger partial charge is 0.493 e. The highest BCUT2D eigenvalue weighted by Gasteiger charge is 2.33. The predicted octanol–water partition coefficient (Wildman–Crippen LogP) is 5.00. The van der Waals surface area contributed by atoms with E-state index in [4.69, 9.17) is 21.1 Å². The molecule has 9 heteroatoms. The Kier molecular flexibility index (Phi) is 7.64. The SMILES string of the molecule is CCOc1ccc(Br)cc1C=c1sc2n(c1=O)C(c1ccc(Cl)cc1)C(C(=O)OC(C)C)=C(C)N=2. The summed E-state index contributed by atoms with van der Waals surface area (Å²) in [6, 6.07) is 12.1. The van der Waals surface area contributed by atoms with Crippen LogP contribution in [0.5, 0.6) is 5.75 Å². The van der Waals surface area contributed by atoms with Crippen LogP contribution in [0.3, 0.4) is 0 Å². The number of aromatic nitrogens is 1. The number of hydrogen-bond donors (Lipinski definition) is 0. The van der Waals surface area contributed by atoms with Crippen LogP contribution in [0.2, 0.25) is 5.02 Å². The molecule has 182 valence electrons. The van der Waals surface area contributed by atoms with Crippen molar-refractivity contribution in [1.29, 1.82) is 0 Å². The molecule has 0 aliphatic carbocycles. The molecule has 4 rings (SSSR count). The van der Waals surface area contributed by atoms with E-state index in [1.165, 1.54) is 11.3 Å². The summed E-state index contributed by atoms with van der Waals surface area (Å²) in [7, 11) is 0. The van der Waals surface area contributed by atoms with Gasteiger partial charge in [-0.3, -0.25) is 9.36 Å². The third kappa shape index (κ3) is 5.29. The minimum Gasteiger partial charge on any atom is -0.493 e. The van der Waals surface area contributed by atoms with Crippen LogP contribution in [0.15, 0.2) is 68.0 Å². The first-order chi connectivity index (χ1) is 16.7. The summed E-state index contributed by atoms with van der Waals surface area (Å²) in [5, 5.41) is 0.561. The van der Waals surface area contributed by atoms with Crippen LogP contribution in [-0.2, 0) is 9.53 Å². The fourth-order valence-electron chi connectivity index (χ4n) is 3.88. The van der Waals surface area contributed by atoms with E-state index in [2.05, 4.69) is 20.9 Å². The number of ether oxygens (including phenoxy) is 2. The summed E-state index contributed by atoms with van der Waals surface area (Å²) in [6.45, 7) is 7.74. The second kappa shape index (κ2) is 10.5. The molecule has 0 N–H and O–H groups in total. The summed E-state index contributed by atoms with van der Waals surface area (Å²) in [6.07, 6.45) is 1.48. The second-order valence-electron chi connectivity index (χ2n) is 8.20. The third-order valence-electron chi connectivity index (χ3n) is 5.33. The van der Waals surface area contributed by atoms with Gasteiger partial charge in [-0.25, -0.2) is 9.79 Å². The lowest BCUT2D eigenvalue weighted by molar-refractivity contribution is -0.143. The van der Waals surface area contributed by atoms with Crippen LogP contribution in [0.4, 0.5) is 0 Å². The molecule has 0 radical (unpaired) electrons. The molecule has 1 unspecified atom stereocenters. The molecule has 1 aromatic heterocycles. The number of hydrogen-bond acceptors (Lipinski definition) is 6. The minimum atomic E-state index is -0.689. The monoisotopic (exact) mass is 574 g/mol. The average Bonchev–Trinajstić information content (AvgIpc) is 3.09. The quantitative estimate of drug-likeness (QED) is 0.388. The van der Waals surface area contributed by atoms with Crippen molar-refractivity contribution in [2.45, 2.75) is 39.8 Å². The number of benzene rings is 2. The van der Waals surface area contributed by atoms with Gasteiger partial charge in [0.25, 0.3) is 5.56 Å². The number of halogens is 2. The van der Waals surface area contributed by atoms with Gasteiger partial charge in [0.2, 0.25) is 0 Å². The smallest absolute Gasteiger partial charge is 0.338 e. The van der Waals surface area contributed by atoms with E-state index in [0.29, 0.717) is 38.0 Å². The number of carbonyl (C=O) groups excluding carboxylic acids is 1. The zero-order valence-corrected chi connectivity index (χ0v) is 22.8. The Bertz CT molecular complexity index is 1490. The van der Waals surface area contributed by atoms with Crippen molar-refractivity contribution in [2.75, 3.05) is 6.61 Å². The highest BCUT2D eigenvalue weighted by atomic mass is 79.9. The second-order valence-corrected chi connectivity index (χ2v) is 10.6. The molecule has 1 aliphatic heterocycles. The van der Waals surface area contributed by atoms with Crippen molar-refractivity contribution in [3.63, 3.8) is 0 Å². The summed E-state index contributed by atoms with van der Waals surface area (Å²) >= 11 is 10.9. The van der Waals surface area contributed by atoms with Crippen molar-refractivity contribution in [3.8, 4) is 5.75 Å². The number of allylic oxidation sites excluding steroid dienone is 1. The highest BCUT2D eigenvalue weighted by molar-refractivity contribution is 9.10. The van der Waals surface area contributed by atoms with Gasteiger partial charge in [0.15, 0.2) is 4.80 Å². The number of nitrogens with zero attached hydrogens (tertiary/aromatic N) is 2. The minimum absolute atomic E-state index is 0.251. The molecule has 3 aromatic rings. The van der Waals surface area contributed by atoms with Crippen molar-refractivity contribution in [1.82, 2.24) is 4.57 Å². The fraction of sp³-hybridized carbons (Fsp3) is 0.269. The molecule has 2 heterocycles. The fourth-order valence-corrected chi connectivity index (χ4v) is 5.42. The zero-order chi connectivity index (χ0) is 25.3. The van der Waals surface area contributed by atoms with E-state index >= 15 is 0 Å². The molecule has 6 nitrogen and oxygen atoms in total. The van der Waals surface area contributed by atoms with Gasteiger partial charge in [0.1, 0.15) is 5.75 Å². The Morgan fingerprint density at radius 2 is 1.97 bits per heavy atom. The Morgan fingerprint density at radius 1 is 1.26 bits per heavy atom. The van der Waals surface area contributed by atoms with Gasteiger partial charge in [-0.05, 0) is 69.7 Å². The van der Waals surface area contributed by atoms with Gasteiger partial charge in [-0.1, -0.05) is 51.0 Å². The molecule has 1 aliphatic rings. The molecule has 1 atom stereocenters. The Morgan fingerprint density at radius 3 is 2.63 bits per heavy atom. The number of esters is 1. The summed E-state index contributed by atoms with van der Waals surface area (Å²) in [5.74, 6) is 0.175. The van der Waals surface area contributed by atoms with Crippen LogP contribution in [0.1, 0.15) is 44.9 Å². The molecule has 0 fully saturated rings. The third-order valence-corrected chi connectivity index (χ3v) is 7.06. The lowest BCUT2D eigenvalue weighted by atomic mass is 9.96. The van der Waals surface area contributed by atoms with Crippen molar-refractivity contribution >= 4 is 50.9 Å². The number of carbonyl (C=O) groups is 1. The molecule has 2 aromatic carbocycles. The number of thiazole rings is 1. The zero-order valence-electron chi connectivity index (χ0n) is 19.7. The van der Waals surface area contributed by atoms with Crippen LogP contribution in [0, 0.1) is 0 Å². The van der Waals surface area contributed by atoms with Gasteiger partial charge in [0, 0.05) is 15.1 Å². The standard InChI is InChI=1S/C26H24BrClN2O4S/c1-5-33-20-11-8-18(27)12-17(20)13-21-24(31)30-23(16-6-9-19(28)10-7-16)22(25(32)34-14(2)3)15(4)29-26(30)35-21/h6-14,23H,5H2,1-4H3. The van der Waals surface area contributed by atoms with E-state index in [0.717, 1.165) is 15.6 Å². The topological polar surface area (TPSA) is 69.9 Å². The molecular weight excluding hydrogens is 552 g/mol. The van der Waals surface area contributed by atoms with Gasteiger partial charge in [-0.15, -0.1) is 0 Å². The molecule has 0 saturated carbocycles. The lowest BCUT2D eigenvalue weighted by Crippen LogP contribution is -2.40. The molecular formula is C26H24BrClN2O4S. The first-order valence-electron chi connectivity index (χ1n) is 11.1. The highest BCUT2D eigenvalue weighted by Crippen LogP contribution is 2.31. The normalized spacial score (nSPS) is 15.7. The van der Waals surface area contributed by atoms with Gasteiger partial charge < -0.3 is 9.47 Å². The van der Waals surface area contributed by atoms with Crippen molar-refractivity contribution in [3.05, 3.63) is 94.0 Å². The maximum Gasteiger partial charge on any atom is 0.338 e. The van der Waals surface area contributed by atoms with Gasteiger partial charge in [0.05, 0.1) is 34.6 Å². The van der Waals surface area contributed by atoms with E-state index < -0.39 is 12.0 Å². The molecule has 0 spiro atoms. The Balaban J connectivity index is 1.95. The molecule has 0 amide bonds.